The molecule has 0 aliphatic heterocycles. The molecule has 0 aliphatic carbocycles. The normalized spacial score (nSPS) is 9.89. The Balaban J connectivity index is 3.09. The van der Waals surface area contributed by atoms with Crippen molar-refractivity contribution in [3.05, 3.63) is 29.6 Å². The van der Waals surface area contributed by atoms with Crippen molar-refractivity contribution in [1.82, 2.24) is 0 Å². The van der Waals surface area contributed by atoms with Gasteiger partial charge >= 0.3 is 0 Å². The molecule has 94 valence electrons. The number of anilines is 1. The van der Waals surface area contributed by atoms with Crippen LogP contribution in [-0.2, 0) is 0 Å². The molecule has 0 aromatic heterocycles. The Morgan fingerprint density at radius 3 is 2.61 bits per heavy atom. The molecule has 0 saturated heterocycles. The molecule has 1 aromatic rings. The molecule has 1 aromatic carbocycles. The fraction of sp³-hybridized carbons (Fsp3) is 0.429. The predicted molar refractivity (Wildman–Crippen MR) is 68.4 cm³/mol. The fourth-order valence-corrected chi connectivity index (χ4v) is 1.82. The minimum atomic E-state index is -0.513. The number of nitriles is 2. The second kappa shape index (κ2) is 6.61. The quantitative estimate of drug-likeness (QED) is 0.801. The van der Waals surface area contributed by atoms with Crippen LogP contribution in [-0.4, -0.2) is 13.1 Å². The topological polar surface area (TPSA) is 50.8 Å². The molecule has 0 radical (unpaired) electrons. The van der Waals surface area contributed by atoms with Crippen LogP contribution < -0.4 is 4.90 Å². The number of hydrogen-bond acceptors (Lipinski definition) is 3. The Labute approximate surface area is 107 Å². The van der Waals surface area contributed by atoms with Gasteiger partial charge in [-0.1, -0.05) is 19.9 Å². The van der Waals surface area contributed by atoms with Crippen molar-refractivity contribution in [2.75, 3.05) is 18.0 Å². The van der Waals surface area contributed by atoms with E-state index >= 15 is 0 Å². The van der Waals surface area contributed by atoms with Gasteiger partial charge in [-0.2, -0.15) is 10.5 Å². The van der Waals surface area contributed by atoms with Gasteiger partial charge in [0.1, 0.15) is 17.4 Å². The lowest BCUT2D eigenvalue weighted by Crippen LogP contribution is -2.29. The van der Waals surface area contributed by atoms with Crippen molar-refractivity contribution >= 4 is 5.69 Å². The number of hydrogen-bond donors (Lipinski definition) is 0. The van der Waals surface area contributed by atoms with Crippen LogP contribution in [0.25, 0.3) is 0 Å². The zero-order valence-corrected chi connectivity index (χ0v) is 10.7. The van der Waals surface area contributed by atoms with Crippen LogP contribution in [0.3, 0.4) is 0 Å². The Morgan fingerprint density at radius 1 is 1.33 bits per heavy atom. The third-order valence-electron chi connectivity index (χ3n) is 2.52. The number of nitrogens with zero attached hydrogens (tertiary/aromatic N) is 3. The van der Waals surface area contributed by atoms with E-state index in [1.54, 1.807) is 12.1 Å². The molecule has 18 heavy (non-hydrogen) atoms. The molecule has 3 nitrogen and oxygen atoms in total. The van der Waals surface area contributed by atoms with Crippen LogP contribution >= 0.6 is 0 Å². The second-order valence-electron chi connectivity index (χ2n) is 4.49. The Hall–Kier alpha value is -2.07. The number of rotatable bonds is 5. The summed E-state index contributed by atoms with van der Waals surface area (Å²) in [6.45, 7) is 5.29. The van der Waals surface area contributed by atoms with Crippen molar-refractivity contribution in [3.63, 3.8) is 0 Å². The summed E-state index contributed by atoms with van der Waals surface area (Å²) in [6.07, 6.45) is 0.355. The van der Waals surface area contributed by atoms with Gasteiger partial charge < -0.3 is 4.90 Å². The smallest absolute Gasteiger partial charge is 0.143 e. The molecule has 0 amide bonds. The third-order valence-corrected chi connectivity index (χ3v) is 2.52. The van der Waals surface area contributed by atoms with E-state index in [9.17, 15) is 4.39 Å². The van der Waals surface area contributed by atoms with Gasteiger partial charge in [-0.25, -0.2) is 4.39 Å². The van der Waals surface area contributed by atoms with Crippen LogP contribution in [0.2, 0.25) is 0 Å². The van der Waals surface area contributed by atoms with Gasteiger partial charge in [-0.05, 0) is 18.1 Å². The van der Waals surface area contributed by atoms with Gasteiger partial charge in [-0.15, -0.1) is 0 Å². The van der Waals surface area contributed by atoms with Crippen LogP contribution in [0.15, 0.2) is 18.2 Å². The van der Waals surface area contributed by atoms with E-state index in [0.29, 0.717) is 31.1 Å². The first kappa shape index (κ1) is 14.0. The summed E-state index contributed by atoms with van der Waals surface area (Å²) in [5.74, 6) is -0.140. The largest absolute Gasteiger partial charge is 0.369 e. The summed E-state index contributed by atoms with van der Waals surface area (Å²) in [7, 11) is 0. The van der Waals surface area contributed by atoms with Crippen LogP contribution in [0.5, 0.6) is 0 Å². The van der Waals surface area contributed by atoms with E-state index in [4.69, 9.17) is 10.5 Å². The molecule has 0 atom stereocenters. The molecule has 0 N–H and O–H groups in total. The average Bonchev–Trinajstić information content (AvgIpc) is 2.33. The summed E-state index contributed by atoms with van der Waals surface area (Å²) in [5, 5.41) is 17.7. The number of halogens is 1. The maximum atomic E-state index is 13.6. The fourth-order valence-electron chi connectivity index (χ4n) is 1.82. The van der Waals surface area contributed by atoms with Crippen LogP contribution in [0.4, 0.5) is 10.1 Å². The highest BCUT2D eigenvalue weighted by molar-refractivity contribution is 5.59. The first-order valence-corrected chi connectivity index (χ1v) is 5.90. The zero-order chi connectivity index (χ0) is 13.5. The summed E-state index contributed by atoms with van der Waals surface area (Å²) in [4.78, 5) is 1.90. The Kier molecular flexibility index (Phi) is 5.14. The highest BCUT2D eigenvalue weighted by atomic mass is 19.1. The van der Waals surface area contributed by atoms with Gasteiger partial charge in [0, 0.05) is 13.1 Å². The molecule has 0 fully saturated rings. The third kappa shape index (κ3) is 3.46. The van der Waals surface area contributed by atoms with Crippen molar-refractivity contribution in [2.24, 2.45) is 5.92 Å². The first-order valence-electron chi connectivity index (χ1n) is 5.90. The molecular weight excluding hydrogens is 229 g/mol. The van der Waals surface area contributed by atoms with Crippen LogP contribution in [0.1, 0.15) is 25.8 Å². The molecule has 0 spiro atoms. The summed E-state index contributed by atoms with van der Waals surface area (Å²) in [5.41, 5.74) is 0.623. The molecule has 0 saturated carbocycles. The highest BCUT2D eigenvalue weighted by Crippen LogP contribution is 2.23. The van der Waals surface area contributed by atoms with Crippen molar-refractivity contribution in [3.8, 4) is 12.1 Å². The minimum absolute atomic E-state index is 0.0519. The lowest BCUT2D eigenvalue weighted by atomic mass is 10.1. The van der Waals surface area contributed by atoms with Gasteiger partial charge in [-0.3, -0.25) is 0 Å². The Bertz CT molecular complexity index is 483. The molecule has 0 bridgehead atoms. The summed E-state index contributed by atoms with van der Waals surface area (Å²) < 4.78 is 13.6. The first-order chi connectivity index (χ1) is 8.60. The molecule has 0 unspecified atom stereocenters. The Morgan fingerprint density at radius 2 is 2.06 bits per heavy atom. The van der Waals surface area contributed by atoms with Gasteiger partial charge in [0.15, 0.2) is 0 Å². The van der Waals surface area contributed by atoms with Crippen molar-refractivity contribution in [2.45, 2.75) is 20.3 Å². The zero-order valence-electron chi connectivity index (χ0n) is 10.7. The molecule has 0 aliphatic rings. The van der Waals surface area contributed by atoms with E-state index in [1.165, 1.54) is 6.07 Å². The lowest BCUT2D eigenvalue weighted by molar-refractivity contribution is 0.601. The average molecular weight is 245 g/mol. The standard InChI is InChI=1S/C14H16FN3/c1-11(2)10-18(8-4-7-16)14-6-3-5-13(15)12(14)9-17/h3,5-6,11H,4,8,10H2,1-2H3. The minimum Gasteiger partial charge on any atom is -0.369 e. The van der Waals surface area contributed by atoms with Crippen molar-refractivity contribution < 1.29 is 4.39 Å². The lowest BCUT2D eigenvalue weighted by Gasteiger charge is -2.26. The molecule has 4 heteroatoms. The van der Waals surface area contributed by atoms with Gasteiger partial charge in [0.2, 0.25) is 0 Å². The van der Waals surface area contributed by atoms with E-state index in [0.717, 1.165) is 0 Å². The second-order valence-corrected chi connectivity index (χ2v) is 4.49. The monoisotopic (exact) mass is 245 g/mol. The van der Waals surface area contributed by atoms with Crippen molar-refractivity contribution in [1.29, 1.82) is 10.5 Å². The maximum Gasteiger partial charge on any atom is 0.143 e. The highest BCUT2D eigenvalue weighted by Gasteiger charge is 2.15. The summed E-state index contributed by atoms with van der Waals surface area (Å²) >= 11 is 0. The molecule has 1 rings (SSSR count). The predicted octanol–water partition coefficient (Wildman–Crippen LogP) is 3.07. The molecular formula is C14H16FN3. The summed E-state index contributed by atoms with van der Waals surface area (Å²) in [6, 6.07) is 8.56. The van der Waals surface area contributed by atoms with Crippen LogP contribution in [0, 0.1) is 34.4 Å². The molecule has 0 heterocycles. The SMILES string of the molecule is CC(C)CN(CCC#N)c1cccc(F)c1C#N. The van der Waals surface area contributed by atoms with Gasteiger partial charge in [0.25, 0.3) is 0 Å². The van der Waals surface area contributed by atoms with E-state index in [2.05, 4.69) is 6.07 Å². The van der Waals surface area contributed by atoms with E-state index in [1.807, 2.05) is 24.8 Å². The van der Waals surface area contributed by atoms with E-state index in [-0.39, 0.29) is 5.56 Å². The number of benzene rings is 1. The van der Waals surface area contributed by atoms with Gasteiger partial charge in [0.05, 0.1) is 18.2 Å². The maximum absolute atomic E-state index is 13.6. The van der Waals surface area contributed by atoms with E-state index < -0.39 is 5.82 Å².